The predicted molar refractivity (Wildman–Crippen MR) is 53.8 cm³/mol. The summed E-state index contributed by atoms with van der Waals surface area (Å²) in [4.78, 5) is 10.8. The van der Waals surface area contributed by atoms with E-state index >= 15 is 0 Å². The van der Waals surface area contributed by atoms with Gasteiger partial charge in [0, 0.05) is 11.1 Å². The third-order valence-electron chi connectivity index (χ3n) is 1.98. The minimum atomic E-state index is -0.578. The molecule has 2 N–H and O–H groups in total. The van der Waals surface area contributed by atoms with Crippen molar-refractivity contribution in [2.45, 2.75) is 18.7 Å². The lowest BCUT2D eigenvalue weighted by Gasteiger charge is -2.08. The van der Waals surface area contributed by atoms with Crippen LogP contribution in [0.25, 0.3) is 0 Å². The monoisotopic (exact) mass is 215 g/mol. The Morgan fingerprint density at radius 3 is 2.79 bits per heavy atom. The van der Waals surface area contributed by atoms with E-state index in [1.165, 1.54) is 18.2 Å². The largest absolute Gasteiger partial charge is 0.366 e. The molecule has 1 rings (SSSR count). The highest BCUT2D eigenvalue weighted by atomic mass is 35.5. The van der Waals surface area contributed by atoms with Crippen LogP contribution in [0.2, 0.25) is 0 Å². The molecule has 0 aromatic heterocycles. The van der Waals surface area contributed by atoms with Crippen LogP contribution in [0.5, 0.6) is 0 Å². The molecular formula is C10H11ClFNO. The summed E-state index contributed by atoms with van der Waals surface area (Å²) >= 11 is 5.88. The number of hydrogen-bond donors (Lipinski definition) is 1. The van der Waals surface area contributed by atoms with Gasteiger partial charge in [0.05, 0.1) is 5.38 Å². The topological polar surface area (TPSA) is 43.1 Å². The molecule has 0 saturated carbocycles. The molecule has 76 valence electrons. The summed E-state index contributed by atoms with van der Waals surface area (Å²) in [6.07, 6.45) is 0.598. The summed E-state index contributed by atoms with van der Waals surface area (Å²) in [5, 5.41) is -0.422. The van der Waals surface area contributed by atoms with Gasteiger partial charge in [-0.25, -0.2) is 4.39 Å². The molecule has 0 fully saturated rings. The average molecular weight is 216 g/mol. The smallest absolute Gasteiger partial charge is 0.248 e. The summed E-state index contributed by atoms with van der Waals surface area (Å²) in [6.45, 7) is 1.84. The van der Waals surface area contributed by atoms with Crippen LogP contribution in [0.1, 0.15) is 34.6 Å². The first-order valence-electron chi connectivity index (χ1n) is 4.29. The van der Waals surface area contributed by atoms with Crippen LogP contribution in [0.15, 0.2) is 18.2 Å². The minimum Gasteiger partial charge on any atom is -0.366 e. The Balaban J connectivity index is 3.14. The lowest BCUT2D eigenvalue weighted by molar-refractivity contribution is 0.1000. The summed E-state index contributed by atoms with van der Waals surface area (Å²) in [7, 11) is 0. The Morgan fingerprint density at radius 2 is 2.29 bits per heavy atom. The van der Waals surface area contributed by atoms with Gasteiger partial charge in [-0.1, -0.05) is 6.92 Å². The van der Waals surface area contributed by atoms with Crippen molar-refractivity contribution in [3.8, 4) is 0 Å². The number of alkyl halides is 1. The zero-order valence-corrected chi connectivity index (χ0v) is 8.51. The van der Waals surface area contributed by atoms with Gasteiger partial charge >= 0.3 is 0 Å². The van der Waals surface area contributed by atoms with Crippen LogP contribution in [0.3, 0.4) is 0 Å². The van der Waals surface area contributed by atoms with Crippen LogP contribution < -0.4 is 5.73 Å². The van der Waals surface area contributed by atoms with Crippen molar-refractivity contribution in [3.05, 3.63) is 35.1 Å². The molecule has 1 amide bonds. The highest BCUT2D eigenvalue weighted by Crippen LogP contribution is 2.26. The van der Waals surface area contributed by atoms with Crippen LogP contribution >= 0.6 is 11.6 Å². The molecule has 0 aliphatic rings. The number of rotatable bonds is 3. The summed E-state index contributed by atoms with van der Waals surface area (Å²) in [5.41, 5.74) is 5.67. The van der Waals surface area contributed by atoms with Crippen LogP contribution in [0, 0.1) is 5.82 Å². The van der Waals surface area contributed by atoms with E-state index < -0.39 is 17.1 Å². The Labute approximate surface area is 86.9 Å². The molecular weight excluding hydrogens is 205 g/mol. The maximum atomic E-state index is 13.2. The molecule has 0 spiro atoms. The molecule has 0 radical (unpaired) electrons. The molecule has 14 heavy (non-hydrogen) atoms. The number of nitrogens with two attached hydrogens (primary N) is 1. The Kier molecular flexibility index (Phi) is 3.47. The van der Waals surface area contributed by atoms with Gasteiger partial charge in [-0.05, 0) is 24.6 Å². The van der Waals surface area contributed by atoms with Crippen molar-refractivity contribution in [1.82, 2.24) is 0 Å². The molecule has 4 heteroatoms. The quantitative estimate of drug-likeness (QED) is 0.774. The van der Waals surface area contributed by atoms with E-state index in [9.17, 15) is 9.18 Å². The molecule has 0 saturated heterocycles. The van der Waals surface area contributed by atoms with E-state index in [4.69, 9.17) is 17.3 Å². The number of carbonyl (C=O) groups excluding carboxylic acids is 1. The fraction of sp³-hybridized carbons (Fsp3) is 0.300. The van der Waals surface area contributed by atoms with Crippen molar-refractivity contribution in [2.24, 2.45) is 5.73 Å². The first-order chi connectivity index (χ1) is 6.56. The molecule has 0 aliphatic heterocycles. The second-order valence-corrected chi connectivity index (χ2v) is 3.50. The maximum absolute atomic E-state index is 13.2. The van der Waals surface area contributed by atoms with E-state index in [2.05, 4.69) is 0 Å². The van der Waals surface area contributed by atoms with Gasteiger partial charge in [0.25, 0.3) is 0 Å². The number of hydrogen-bond acceptors (Lipinski definition) is 1. The van der Waals surface area contributed by atoms with Crippen molar-refractivity contribution < 1.29 is 9.18 Å². The van der Waals surface area contributed by atoms with Crippen LogP contribution in [-0.4, -0.2) is 5.91 Å². The fourth-order valence-electron chi connectivity index (χ4n) is 1.16. The van der Waals surface area contributed by atoms with Gasteiger partial charge in [-0.15, -0.1) is 11.6 Å². The second-order valence-electron chi connectivity index (χ2n) is 2.98. The standard InChI is InChI=1S/C10H11ClFNO/c1-2-8(11)7-5-6(10(13)14)3-4-9(7)12/h3-5,8H,2H2,1H3,(H2,13,14). The highest BCUT2D eigenvalue weighted by Gasteiger charge is 2.13. The summed E-state index contributed by atoms with van der Waals surface area (Å²) < 4.78 is 13.2. The molecule has 1 unspecified atom stereocenters. The number of carbonyl (C=O) groups is 1. The van der Waals surface area contributed by atoms with E-state index in [0.29, 0.717) is 12.0 Å². The molecule has 0 bridgehead atoms. The Morgan fingerprint density at radius 1 is 1.64 bits per heavy atom. The van der Waals surface area contributed by atoms with Crippen LogP contribution in [0.4, 0.5) is 4.39 Å². The predicted octanol–water partition coefficient (Wildman–Crippen LogP) is 2.61. The fourth-order valence-corrected chi connectivity index (χ4v) is 1.32. The van der Waals surface area contributed by atoms with Gasteiger partial charge in [0.2, 0.25) is 5.91 Å². The van der Waals surface area contributed by atoms with E-state index in [-0.39, 0.29) is 5.56 Å². The van der Waals surface area contributed by atoms with Gasteiger partial charge in [0.1, 0.15) is 5.82 Å². The van der Waals surface area contributed by atoms with Gasteiger partial charge < -0.3 is 5.73 Å². The van der Waals surface area contributed by atoms with Gasteiger partial charge in [0.15, 0.2) is 0 Å². The Hall–Kier alpha value is -1.09. The van der Waals surface area contributed by atoms with E-state index in [1.54, 1.807) is 0 Å². The van der Waals surface area contributed by atoms with Gasteiger partial charge in [-0.3, -0.25) is 4.79 Å². The zero-order valence-electron chi connectivity index (χ0n) is 7.76. The molecule has 1 aromatic rings. The zero-order chi connectivity index (χ0) is 10.7. The van der Waals surface area contributed by atoms with E-state index in [0.717, 1.165) is 0 Å². The van der Waals surface area contributed by atoms with Crippen molar-refractivity contribution in [3.63, 3.8) is 0 Å². The number of halogens is 2. The third kappa shape index (κ3) is 2.23. The minimum absolute atomic E-state index is 0.278. The molecule has 1 atom stereocenters. The SMILES string of the molecule is CCC(Cl)c1cc(C(N)=O)ccc1F. The third-order valence-corrected chi connectivity index (χ3v) is 2.52. The normalized spacial score (nSPS) is 12.5. The van der Waals surface area contributed by atoms with Crippen molar-refractivity contribution >= 4 is 17.5 Å². The highest BCUT2D eigenvalue weighted by molar-refractivity contribution is 6.20. The number of primary amides is 1. The lowest BCUT2D eigenvalue weighted by Crippen LogP contribution is -2.11. The molecule has 0 heterocycles. The number of amides is 1. The maximum Gasteiger partial charge on any atom is 0.248 e. The Bertz CT molecular complexity index is 354. The average Bonchev–Trinajstić information content (AvgIpc) is 2.17. The first-order valence-corrected chi connectivity index (χ1v) is 4.73. The lowest BCUT2D eigenvalue weighted by atomic mass is 10.1. The van der Waals surface area contributed by atoms with Crippen molar-refractivity contribution in [2.75, 3.05) is 0 Å². The van der Waals surface area contributed by atoms with E-state index in [1.807, 2.05) is 6.92 Å². The van der Waals surface area contributed by atoms with Crippen LogP contribution in [-0.2, 0) is 0 Å². The molecule has 0 aliphatic carbocycles. The van der Waals surface area contributed by atoms with Crippen molar-refractivity contribution in [1.29, 1.82) is 0 Å². The second kappa shape index (κ2) is 4.42. The molecule has 2 nitrogen and oxygen atoms in total. The summed E-state index contributed by atoms with van der Waals surface area (Å²) in [5.74, 6) is -0.983. The van der Waals surface area contributed by atoms with Gasteiger partial charge in [-0.2, -0.15) is 0 Å². The molecule has 1 aromatic carbocycles. The number of benzene rings is 1. The summed E-state index contributed by atoms with van der Waals surface area (Å²) in [6, 6.07) is 3.96. The first kappa shape index (κ1) is 11.0.